The molecule has 0 aromatic carbocycles. The van der Waals surface area contributed by atoms with Gasteiger partial charge in [-0.2, -0.15) is 0 Å². The van der Waals surface area contributed by atoms with Crippen LogP contribution in [-0.2, 0) is 11.2 Å². The molecule has 1 aromatic rings. The molecular weight excluding hydrogens is 168 g/mol. The van der Waals surface area contributed by atoms with E-state index in [1.165, 1.54) is 11.3 Å². The maximum atomic E-state index is 10.6. The van der Waals surface area contributed by atoms with Crippen molar-refractivity contribution in [3.8, 4) is 0 Å². The molecule has 1 nitrogen and oxygen atoms in total. The first-order chi connectivity index (χ1) is 4.68. The summed E-state index contributed by atoms with van der Waals surface area (Å²) in [4.78, 5) is 11.6. The number of hydrogen-bond donors (Lipinski definition) is 0. The van der Waals surface area contributed by atoms with Crippen LogP contribution in [0.25, 0.3) is 0 Å². The third-order valence-corrected chi connectivity index (χ3v) is 2.33. The summed E-state index contributed by atoms with van der Waals surface area (Å²) in [5.74, 6) is 0.179. The Kier molecular flexibility index (Phi) is 2.46. The number of Topliss-reactive ketones (excluding diaryl/α,β-unsaturated/α-hetero) is 1. The van der Waals surface area contributed by atoms with Crippen molar-refractivity contribution < 1.29 is 4.79 Å². The van der Waals surface area contributed by atoms with Crippen LogP contribution in [0.5, 0.6) is 0 Å². The van der Waals surface area contributed by atoms with Gasteiger partial charge in [0.25, 0.3) is 0 Å². The molecule has 1 aromatic heterocycles. The first kappa shape index (κ1) is 7.76. The number of thiophene rings is 1. The Labute approximate surface area is 68.6 Å². The predicted octanol–water partition coefficient (Wildman–Crippen LogP) is 2.53. The van der Waals surface area contributed by atoms with Crippen molar-refractivity contribution in [1.29, 1.82) is 0 Å². The fraction of sp³-hybridized carbons (Fsp3) is 0.286. The fourth-order valence-corrected chi connectivity index (χ4v) is 1.84. The molecule has 10 heavy (non-hydrogen) atoms. The highest BCUT2D eigenvalue weighted by molar-refractivity contribution is 7.10. The molecule has 0 aliphatic rings. The second-order valence-corrected chi connectivity index (χ2v) is 3.54. The molecule has 0 N–H and O–H groups in total. The average molecular weight is 175 g/mol. The molecule has 0 fully saturated rings. The summed E-state index contributed by atoms with van der Waals surface area (Å²) in [6.07, 6.45) is 0.511. The van der Waals surface area contributed by atoms with Crippen molar-refractivity contribution in [3.63, 3.8) is 0 Å². The Balaban J connectivity index is 2.67. The van der Waals surface area contributed by atoms with Gasteiger partial charge in [0.1, 0.15) is 5.78 Å². The lowest BCUT2D eigenvalue weighted by Gasteiger charge is -1.86. The van der Waals surface area contributed by atoms with Gasteiger partial charge in [-0.05, 0) is 13.0 Å². The van der Waals surface area contributed by atoms with E-state index in [2.05, 4.69) is 0 Å². The molecule has 0 spiro atoms. The van der Waals surface area contributed by atoms with Gasteiger partial charge in [0.15, 0.2) is 0 Å². The van der Waals surface area contributed by atoms with E-state index in [1.807, 2.05) is 11.4 Å². The minimum absolute atomic E-state index is 0.179. The van der Waals surface area contributed by atoms with Gasteiger partial charge in [-0.1, -0.05) is 11.6 Å². The molecule has 54 valence electrons. The van der Waals surface area contributed by atoms with E-state index in [1.54, 1.807) is 6.92 Å². The number of hydrogen-bond acceptors (Lipinski definition) is 2. The molecule has 0 saturated carbocycles. The second kappa shape index (κ2) is 3.17. The zero-order valence-corrected chi connectivity index (χ0v) is 7.13. The zero-order valence-electron chi connectivity index (χ0n) is 5.56. The Morgan fingerprint density at radius 3 is 2.90 bits per heavy atom. The number of carbonyl (C=O) groups excluding carboxylic acids is 1. The van der Waals surface area contributed by atoms with E-state index < -0.39 is 0 Å². The number of rotatable bonds is 2. The molecule has 0 bridgehead atoms. The largest absolute Gasteiger partial charge is 0.300 e. The third kappa shape index (κ3) is 2.12. The van der Waals surface area contributed by atoms with Crippen molar-refractivity contribution in [2.24, 2.45) is 0 Å². The number of halogens is 1. The van der Waals surface area contributed by atoms with Crippen LogP contribution in [0.3, 0.4) is 0 Å². The van der Waals surface area contributed by atoms with Crippen molar-refractivity contribution in [2.45, 2.75) is 13.3 Å². The highest BCUT2D eigenvalue weighted by Gasteiger charge is 1.99. The van der Waals surface area contributed by atoms with Crippen LogP contribution >= 0.6 is 22.9 Å². The molecule has 0 unspecified atom stereocenters. The minimum atomic E-state index is 0.179. The highest BCUT2D eigenvalue weighted by Crippen LogP contribution is 2.19. The quantitative estimate of drug-likeness (QED) is 0.674. The maximum Gasteiger partial charge on any atom is 0.135 e. The van der Waals surface area contributed by atoms with Gasteiger partial charge in [0, 0.05) is 16.7 Å². The SMILES string of the molecule is CC(=O)Cc1cc(Cl)cs1. The maximum absolute atomic E-state index is 10.6. The van der Waals surface area contributed by atoms with Gasteiger partial charge in [-0.3, -0.25) is 4.79 Å². The number of ketones is 1. The highest BCUT2D eigenvalue weighted by atomic mass is 35.5. The van der Waals surface area contributed by atoms with Crippen LogP contribution in [0.4, 0.5) is 0 Å². The smallest absolute Gasteiger partial charge is 0.135 e. The Morgan fingerprint density at radius 2 is 2.50 bits per heavy atom. The molecule has 1 heterocycles. The van der Waals surface area contributed by atoms with Crippen molar-refractivity contribution >= 4 is 28.7 Å². The molecule has 3 heteroatoms. The van der Waals surface area contributed by atoms with E-state index in [0.717, 1.165) is 9.90 Å². The summed E-state index contributed by atoms with van der Waals surface area (Å²) >= 11 is 7.17. The van der Waals surface area contributed by atoms with E-state index in [9.17, 15) is 4.79 Å². The Morgan fingerprint density at radius 1 is 1.80 bits per heavy atom. The topological polar surface area (TPSA) is 17.1 Å². The van der Waals surface area contributed by atoms with Crippen molar-refractivity contribution in [3.05, 3.63) is 21.3 Å². The van der Waals surface area contributed by atoms with Crippen LogP contribution < -0.4 is 0 Å². The molecule has 0 atom stereocenters. The van der Waals surface area contributed by atoms with Gasteiger partial charge in [-0.25, -0.2) is 0 Å². The zero-order chi connectivity index (χ0) is 7.56. The normalized spacial score (nSPS) is 9.80. The van der Waals surface area contributed by atoms with Gasteiger partial charge in [-0.15, -0.1) is 11.3 Å². The summed E-state index contributed by atoms with van der Waals surface area (Å²) in [6.45, 7) is 1.58. The van der Waals surface area contributed by atoms with Crippen LogP contribution in [0, 0.1) is 0 Å². The predicted molar refractivity (Wildman–Crippen MR) is 43.7 cm³/mol. The van der Waals surface area contributed by atoms with Crippen molar-refractivity contribution in [2.75, 3.05) is 0 Å². The molecule has 0 radical (unpaired) electrons. The first-order valence-electron chi connectivity index (χ1n) is 2.91. The van der Waals surface area contributed by atoms with Crippen LogP contribution in [0.15, 0.2) is 11.4 Å². The van der Waals surface area contributed by atoms with Crippen LogP contribution in [-0.4, -0.2) is 5.78 Å². The summed E-state index contributed by atoms with van der Waals surface area (Å²) in [5.41, 5.74) is 0. The van der Waals surface area contributed by atoms with Crippen LogP contribution in [0.2, 0.25) is 5.02 Å². The lowest BCUT2D eigenvalue weighted by Crippen LogP contribution is -1.92. The molecule has 0 aliphatic heterocycles. The average Bonchev–Trinajstić information content (AvgIpc) is 2.13. The van der Waals surface area contributed by atoms with E-state index in [0.29, 0.717) is 6.42 Å². The lowest BCUT2D eigenvalue weighted by atomic mass is 10.3. The van der Waals surface area contributed by atoms with Gasteiger partial charge >= 0.3 is 0 Å². The summed E-state index contributed by atoms with van der Waals surface area (Å²) in [7, 11) is 0. The minimum Gasteiger partial charge on any atom is -0.300 e. The van der Waals surface area contributed by atoms with Crippen LogP contribution in [0.1, 0.15) is 11.8 Å². The number of carbonyl (C=O) groups is 1. The molecule has 1 rings (SSSR count). The molecular formula is C7H7ClOS. The van der Waals surface area contributed by atoms with Gasteiger partial charge in [0.2, 0.25) is 0 Å². The van der Waals surface area contributed by atoms with Crippen molar-refractivity contribution in [1.82, 2.24) is 0 Å². The summed E-state index contributed by atoms with van der Waals surface area (Å²) < 4.78 is 0. The Bertz CT molecular complexity index is 242. The van der Waals surface area contributed by atoms with Gasteiger partial charge < -0.3 is 0 Å². The summed E-state index contributed by atoms with van der Waals surface area (Å²) in [6, 6.07) is 1.83. The molecule has 0 saturated heterocycles. The fourth-order valence-electron chi connectivity index (χ4n) is 0.692. The summed E-state index contributed by atoms with van der Waals surface area (Å²) in [5, 5.41) is 2.56. The monoisotopic (exact) mass is 174 g/mol. The third-order valence-electron chi connectivity index (χ3n) is 1.04. The van der Waals surface area contributed by atoms with E-state index in [4.69, 9.17) is 11.6 Å². The standard InChI is InChI=1S/C7H7ClOS/c1-5(9)2-7-3-6(8)4-10-7/h3-4H,2H2,1H3. The van der Waals surface area contributed by atoms with E-state index >= 15 is 0 Å². The van der Waals surface area contributed by atoms with E-state index in [-0.39, 0.29) is 5.78 Å². The molecule has 0 amide bonds. The first-order valence-corrected chi connectivity index (χ1v) is 4.16. The second-order valence-electron chi connectivity index (χ2n) is 2.11. The van der Waals surface area contributed by atoms with Gasteiger partial charge in [0.05, 0.1) is 5.02 Å². The lowest BCUT2D eigenvalue weighted by molar-refractivity contribution is -0.116. The Hall–Kier alpha value is -0.340. The molecule has 0 aliphatic carbocycles.